The van der Waals surface area contributed by atoms with Crippen molar-refractivity contribution in [2.75, 3.05) is 0 Å². The number of nitrogens with zero attached hydrogens (tertiary/aromatic N) is 3. The summed E-state index contributed by atoms with van der Waals surface area (Å²) in [6, 6.07) is 11.6. The molecule has 0 amide bonds. The molecule has 0 aliphatic heterocycles. The number of aromatic nitrogens is 3. The van der Waals surface area contributed by atoms with Gasteiger partial charge in [0.05, 0.1) is 20.9 Å². The highest BCUT2D eigenvalue weighted by molar-refractivity contribution is 7.18. The van der Waals surface area contributed by atoms with Crippen molar-refractivity contribution in [1.82, 2.24) is 14.6 Å². The monoisotopic (exact) mass is 375 g/mol. The van der Waals surface area contributed by atoms with Gasteiger partial charge in [-0.2, -0.15) is 10.1 Å². The van der Waals surface area contributed by atoms with Gasteiger partial charge in [-0.05, 0) is 30.3 Å². The van der Waals surface area contributed by atoms with E-state index in [1.54, 1.807) is 36.4 Å². The van der Waals surface area contributed by atoms with Gasteiger partial charge >= 0.3 is 0 Å². The lowest BCUT2D eigenvalue weighted by atomic mass is 10.1. The minimum Gasteiger partial charge on any atom is -0.286 e. The Morgan fingerprint density at radius 1 is 1.08 bits per heavy atom. The molecule has 8 heteroatoms. The molecule has 118 valence electrons. The van der Waals surface area contributed by atoms with Gasteiger partial charge in [-0.3, -0.25) is 9.59 Å². The molecule has 0 bridgehead atoms. The smallest absolute Gasteiger partial charge is 0.281 e. The molecule has 0 aliphatic rings. The fraction of sp³-hybridized carbons (Fsp3) is 0. The van der Waals surface area contributed by atoms with Crippen molar-refractivity contribution in [3.63, 3.8) is 0 Å². The molecule has 2 aromatic heterocycles. The zero-order valence-electron chi connectivity index (χ0n) is 11.9. The van der Waals surface area contributed by atoms with Crippen LogP contribution >= 0.6 is 34.5 Å². The van der Waals surface area contributed by atoms with Crippen LogP contribution in [-0.4, -0.2) is 20.4 Å². The summed E-state index contributed by atoms with van der Waals surface area (Å²) in [6.45, 7) is 0. The van der Waals surface area contributed by atoms with Gasteiger partial charge in [0.2, 0.25) is 10.7 Å². The van der Waals surface area contributed by atoms with Crippen LogP contribution in [0.25, 0.3) is 15.9 Å². The number of benzene rings is 2. The molecule has 0 fully saturated rings. The third kappa shape index (κ3) is 2.39. The molecule has 0 unspecified atom stereocenters. The third-order valence-corrected chi connectivity index (χ3v) is 5.14. The van der Waals surface area contributed by atoms with Gasteiger partial charge in [-0.25, -0.2) is 4.52 Å². The highest BCUT2D eigenvalue weighted by Gasteiger charge is 2.18. The molecule has 2 heterocycles. The maximum absolute atomic E-state index is 12.6. The van der Waals surface area contributed by atoms with E-state index in [2.05, 4.69) is 10.1 Å². The first-order chi connectivity index (χ1) is 11.5. The minimum atomic E-state index is -0.345. The zero-order valence-corrected chi connectivity index (χ0v) is 14.2. The molecule has 0 aliphatic carbocycles. The maximum atomic E-state index is 12.6. The average Bonchev–Trinajstić information content (AvgIpc) is 3.01. The molecular weight excluding hydrogens is 369 g/mol. The second-order valence-corrected chi connectivity index (χ2v) is 6.76. The quantitative estimate of drug-likeness (QED) is 0.499. The van der Waals surface area contributed by atoms with Crippen molar-refractivity contribution in [3.8, 4) is 0 Å². The molecule has 0 saturated heterocycles. The summed E-state index contributed by atoms with van der Waals surface area (Å²) in [4.78, 5) is 29.0. The van der Waals surface area contributed by atoms with Crippen molar-refractivity contribution in [3.05, 3.63) is 73.4 Å². The molecule has 4 rings (SSSR count). The number of rotatable bonds is 2. The van der Waals surface area contributed by atoms with Crippen LogP contribution in [0.5, 0.6) is 0 Å². The summed E-state index contributed by atoms with van der Waals surface area (Å²) in [6.07, 6.45) is 0. The number of halogens is 2. The lowest BCUT2D eigenvalue weighted by Gasteiger charge is -1.99. The molecule has 4 aromatic rings. The van der Waals surface area contributed by atoms with Gasteiger partial charge < -0.3 is 0 Å². The average molecular weight is 376 g/mol. The number of carbonyl (C=O) groups is 1. The normalized spacial score (nSPS) is 11.2. The van der Waals surface area contributed by atoms with Crippen LogP contribution in [0.2, 0.25) is 10.0 Å². The molecule has 0 saturated carbocycles. The van der Waals surface area contributed by atoms with E-state index in [1.807, 2.05) is 0 Å². The Kier molecular flexibility index (Phi) is 3.60. The predicted molar refractivity (Wildman–Crippen MR) is 94.5 cm³/mol. The van der Waals surface area contributed by atoms with Crippen molar-refractivity contribution in [2.24, 2.45) is 0 Å². The fourth-order valence-electron chi connectivity index (χ4n) is 2.35. The summed E-state index contributed by atoms with van der Waals surface area (Å²) in [5.41, 5.74) is 0.635. The number of ketones is 1. The molecule has 2 aromatic carbocycles. The number of carbonyl (C=O) groups excluding carboxylic acids is 1. The molecule has 24 heavy (non-hydrogen) atoms. The summed E-state index contributed by atoms with van der Waals surface area (Å²) in [7, 11) is 0. The zero-order chi connectivity index (χ0) is 16.8. The summed E-state index contributed by atoms with van der Waals surface area (Å²) >= 11 is 12.9. The van der Waals surface area contributed by atoms with E-state index >= 15 is 0 Å². The Bertz CT molecular complexity index is 1180. The fourth-order valence-corrected chi connectivity index (χ4v) is 3.51. The van der Waals surface area contributed by atoms with Crippen LogP contribution < -0.4 is 5.56 Å². The number of hydrogen-bond acceptors (Lipinski definition) is 5. The van der Waals surface area contributed by atoms with Crippen LogP contribution in [0, 0.1) is 0 Å². The molecule has 0 N–H and O–H groups in total. The van der Waals surface area contributed by atoms with Crippen LogP contribution in [0.3, 0.4) is 0 Å². The van der Waals surface area contributed by atoms with Gasteiger partial charge in [-0.1, -0.05) is 46.7 Å². The molecule has 5 nitrogen and oxygen atoms in total. The Hall–Kier alpha value is -2.28. The third-order valence-electron chi connectivity index (χ3n) is 3.50. The van der Waals surface area contributed by atoms with Crippen molar-refractivity contribution in [2.45, 2.75) is 0 Å². The molecular formula is C16H7Cl2N3O2S. The van der Waals surface area contributed by atoms with E-state index < -0.39 is 0 Å². The van der Waals surface area contributed by atoms with Gasteiger partial charge in [0.1, 0.15) is 0 Å². The first-order valence-electron chi connectivity index (χ1n) is 6.83. The van der Waals surface area contributed by atoms with E-state index in [0.717, 1.165) is 11.3 Å². The predicted octanol–water partition coefficient (Wildman–Crippen LogP) is 3.84. The number of hydrogen-bond donors (Lipinski definition) is 0. The second kappa shape index (κ2) is 5.66. The van der Waals surface area contributed by atoms with E-state index in [4.69, 9.17) is 23.2 Å². The Morgan fingerprint density at radius 2 is 1.88 bits per heavy atom. The number of para-hydroxylation sites is 1. The van der Waals surface area contributed by atoms with Gasteiger partial charge in [0.25, 0.3) is 5.56 Å². The lowest BCUT2D eigenvalue weighted by molar-refractivity contribution is 0.103. The van der Waals surface area contributed by atoms with Crippen LogP contribution in [-0.2, 0) is 0 Å². The highest BCUT2D eigenvalue weighted by Crippen LogP contribution is 2.25. The van der Waals surface area contributed by atoms with Gasteiger partial charge in [0.15, 0.2) is 5.01 Å². The number of fused-ring (bicyclic) bond motifs is 3. The van der Waals surface area contributed by atoms with Crippen LogP contribution in [0.4, 0.5) is 0 Å². The molecule has 0 spiro atoms. The van der Waals surface area contributed by atoms with Crippen LogP contribution in [0.1, 0.15) is 15.4 Å². The van der Waals surface area contributed by atoms with Crippen molar-refractivity contribution >= 4 is 56.2 Å². The Morgan fingerprint density at radius 3 is 2.67 bits per heavy atom. The van der Waals surface area contributed by atoms with E-state index in [0.29, 0.717) is 31.5 Å². The highest BCUT2D eigenvalue weighted by atomic mass is 35.5. The van der Waals surface area contributed by atoms with Gasteiger partial charge in [-0.15, -0.1) is 0 Å². The summed E-state index contributed by atoms with van der Waals surface area (Å²) in [5, 5.41) is 5.65. The van der Waals surface area contributed by atoms with Crippen molar-refractivity contribution in [1.29, 1.82) is 0 Å². The van der Waals surface area contributed by atoms with Gasteiger partial charge in [0, 0.05) is 5.56 Å². The van der Waals surface area contributed by atoms with Crippen molar-refractivity contribution < 1.29 is 4.79 Å². The van der Waals surface area contributed by atoms with E-state index in [-0.39, 0.29) is 16.4 Å². The van der Waals surface area contributed by atoms with Crippen LogP contribution in [0.15, 0.2) is 47.3 Å². The Labute approximate surface area is 149 Å². The first-order valence-corrected chi connectivity index (χ1v) is 8.40. The second-order valence-electron chi connectivity index (χ2n) is 4.99. The summed E-state index contributed by atoms with van der Waals surface area (Å²) in [5.74, 6) is -0.305. The largest absolute Gasteiger partial charge is 0.286 e. The SMILES string of the molecule is O=C(c1ccc(Cl)c(Cl)c1)c1nn2c(nc(=O)c3ccccc32)s1. The molecule has 0 radical (unpaired) electrons. The topological polar surface area (TPSA) is 64.3 Å². The standard InChI is InChI=1S/C16H7Cl2N3O2S/c17-10-6-5-8(7-11(10)18)13(22)15-20-21-12-4-2-1-3-9(12)14(23)19-16(21)24-15/h1-7H. The van der Waals surface area contributed by atoms with E-state index in [9.17, 15) is 9.59 Å². The lowest BCUT2D eigenvalue weighted by Crippen LogP contribution is -2.09. The molecule has 0 atom stereocenters. The minimum absolute atomic E-state index is 0.219. The maximum Gasteiger partial charge on any atom is 0.281 e. The first kappa shape index (κ1) is 15.3. The van der Waals surface area contributed by atoms with E-state index in [1.165, 1.54) is 10.6 Å². The Balaban J connectivity index is 1.91. The summed E-state index contributed by atoms with van der Waals surface area (Å²) < 4.78 is 1.51.